The molecule has 1 atom stereocenters. The highest BCUT2D eigenvalue weighted by atomic mass is 35.5. The minimum atomic E-state index is -1.76. The highest BCUT2D eigenvalue weighted by molar-refractivity contribution is 7.98. The summed E-state index contributed by atoms with van der Waals surface area (Å²) in [7, 11) is 0. The number of aliphatic hydroxyl groups is 1. The number of hydrogen-bond acceptors (Lipinski definition) is 4. The van der Waals surface area contributed by atoms with Crippen molar-refractivity contribution in [1.82, 2.24) is 4.31 Å². The molecule has 0 saturated carbocycles. The first-order valence-electron chi connectivity index (χ1n) is 5.94. The molecule has 102 valence electrons. The Bertz CT molecular complexity index is 240. The van der Waals surface area contributed by atoms with Crippen LogP contribution in [0.4, 0.5) is 0 Å². The fourth-order valence-electron chi connectivity index (χ4n) is 1.70. The van der Waals surface area contributed by atoms with Gasteiger partial charge in [-0.3, -0.25) is 4.79 Å². The van der Waals surface area contributed by atoms with E-state index in [9.17, 15) is 9.90 Å². The molecule has 0 amide bonds. The lowest BCUT2D eigenvalue weighted by Gasteiger charge is -2.23. The molecule has 1 rings (SSSR count). The average molecular weight is 302 g/mol. The number of hydrogen-bond donors (Lipinski definition) is 1. The van der Waals surface area contributed by atoms with E-state index in [1.807, 2.05) is 0 Å². The van der Waals surface area contributed by atoms with E-state index in [1.54, 1.807) is 4.31 Å². The number of unbranched alkanes of at least 4 members (excludes halogenated alkanes) is 5. The predicted octanol–water partition coefficient (Wildman–Crippen LogP) is 3.19. The van der Waals surface area contributed by atoms with E-state index in [2.05, 4.69) is 6.92 Å². The number of carbonyl (C=O) groups excluding carboxylic acids is 1. The van der Waals surface area contributed by atoms with Gasteiger partial charge in [0.1, 0.15) is 0 Å². The first-order valence-corrected chi connectivity index (χ1v) is 7.26. The summed E-state index contributed by atoms with van der Waals surface area (Å²) in [6.45, 7) is 2.88. The van der Waals surface area contributed by atoms with E-state index in [-0.39, 0.29) is 23.9 Å². The molecule has 17 heavy (non-hydrogen) atoms. The van der Waals surface area contributed by atoms with Crippen LogP contribution < -0.4 is 0 Å². The number of carbonyl (C=O) groups is 1. The Balaban J connectivity index is 0.00000256. The summed E-state index contributed by atoms with van der Waals surface area (Å²) in [4.78, 5) is 11.2. The lowest BCUT2D eigenvalue weighted by Crippen LogP contribution is -2.41. The standard InChI is InChI=1S/C11H20ClNO2S.ClH/c1-2-3-4-5-6-7-8-13-11(12,15)10(14)9-16-13;/h15H,2-9H2,1H3;1H. The van der Waals surface area contributed by atoms with Gasteiger partial charge in [-0.1, -0.05) is 62.6 Å². The van der Waals surface area contributed by atoms with E-state index in [0.29, 0.717) is 6.54 Å². The Morgan fingerprint density at radius 2 is 1.94 bits per heavy atom. The monoisotopic (exact) mass is 301 g/mol. The Hall–Kier alpha value is 0.520. The second kappa shape index (κ2) is 8.59. The number of ketones is 1. The summed E-state index contributed by atoms with van der Waals surface area (Å²) >= 11 is 7.09. The zero-order valence-electron chi connectivity index (χ0n) is 10.2. The largest absolute Gasteiger partial charge is 0.356 e. The molecule has 0 spiro atoms. The molecule has 1 aliphatic rings. The van der Waals surface area contributed by atoms with Crippen LogP contribution in [0.1, 0.15) is 45.4 Å². The molecule has 0 bridgehead atoms. The smallest absolute Gasteiger partial charge is 0.267 e. The Morgan fingerprint density at radius 1 is 1.35 bits per heavy atom. The van der Waals surface area contributed by atoms with Crippen molar-refractivity contribution in [2.45, 2.75) is 50.6 Å². The molecular weight excluding hydrogens is 281 g/mol. The molecule has 1 unspecified atom stereocenters. The number of halogens is 2. The van der Waals surface area contributed by atoms with Crippen molar-refractivity contribution in [1.29, 1.82) is 0 Å². The van der Waals surface area contributed by atoms with Crippen LogP contribution in [0.2, 0.25) is 0 Å². The first-order chi connectivity index (χ1) is 7.59. The summed E-state index contributed by atoms with van der Waals surface area (Å²) in [5, 5.41) is 7.93. The lowest BCUT2D eigenvalue weighted by atomic mass is 10.1. The zero-order valence-corrected chi connectivity index (χ0v) is 12.5. The van der Waals surface area contributed by atoms with Crippen LogP contribution in [0.15, 0.2) is 0 Å². The number of alkyl halides is 1. The van der Waals surface area contributed by atoms with Gasteiger partial charge in [0.2, 0.25) is 5.78 Å². The normalized spacial score (nSPS) is 25.0. The third kappa shape index (κ3) is 5.35. The quantitative estimate of drug-likeness (QED) is 0.339. The minimum absolute atomic E-state index is 0. The van der Waals surface area contributed by atoms with Crippen molar-refractivity contribution in [3.63, 3.8) is 0 Å². The van der Waals surface area contributed by atoms with Crippen molar-refractivity contribution in [2.75, 3.05) is 12.3 Å². The van der Waals surface area contributed by atoms with Gasteiger partial charge in [0.15, 0.2) is 0 Å². The van der Waals surface area contributed by atoms with Crippen molar-refractivity contribution in [2.24, 2.45) is 0 Å². The molecule has 1 saturated heterocycles. The first kappa shape index (κ1) is 17.5. The topological polar surface area (TPSA) is 40.5 Å². The molecular formula is C11H21Cl2NO2S. The maximum atomic E-state index is 11.2. The van der Waals surface area contributed by atoms with Crippen molar-refractivity contribution in [3.05, 3.63) is 0 Å². The van der Waals surface area contributed by atoms with Crippen LogP contribution in [-0.4, -0.2) is 32.7 Å². The van der Waals surface area contributed by atoms with Gasteiger partial charge in [0.25, 0.3) is 5.18 Å². The number of rotatable bonds is 7. The number of Topliss-reactive ketones (excluding diaryl/α,β-unsaturated/α-hetero) is 1. The second-order valence-corrected chi connectivity index (χ2v) is 5.67. The van der Waals surface area contributed by atoms with E-state index >= 15 is 0 Å². The Morgan fingerprint density at radius 3 is 2.47 bits per heavy atom. The second-order valence-electron chi connectivity index (χ2n) is 4.15. The maximum absolute atomic E-state index is 11.2. The maximum Gasteiger partial charge on any atom is 0.267 e. The fraction of sp³-hybridized carbons (Fsp3) is 0.909. The summed E-state index contributed by atoms with van der Waals surface area (Å²) in [6.07, 6.45) is 7.15. The Kier molecular flexibility index (Phi) is 8.86. The van der Waals surface area contributed by atoms with Crippen LogP contribution in [0.3, 0.4) is 0 Å². The van der Waals surface area contributed by atoms with E-state index in [1.165, 1.54) is 37.6 Å². The molecule has 0 radical (unpaired) electrons. The van der Waals surface area contributed by atoms with Crippen molar-refractivity contribution >= 4 is 41.7 Å². The molecule has 1 aliphatic heterocycles. The van der Waals surface area contributed by atoms with Crippen LogP contribution in [-0.2, 0) is 4.79 Å². The highest BCUT2D eigenvalue weighted by Gasteiger charge is 2.45. The summed E-state index contributed by atoms with van der Waals surface area (Å²) in [6, 6.07) is 0. The molecule has 3 nitrogen and oxygen atoms in total. The third-order valence-corrected chi connectivity index (χ3v) is 4.42. The third-order valence-electron chi connectivity index (χ3n) is 2.75. The Labute approximate surface area is 119 Å². The predicted molar refractivity (Wildman–Crippen MR) is 75.6 cm³/mol. The van der Waals surface area contributed by atoms with Gasteiger partial charge >= 0.3 is 0 Å². The van der Waals surface area contributed by atoms with Crippen LogP contribution in [0.25, 0.3) is 0 Å². The van der Waals surface area contributed by atoms with E-state index < -0.39 is 5.18 Å². The minimum Gasteiger partial charge on any atom is -0.356 e. The van der Waals surface area contributed by atoms with Gasteiger partial charge < -0.3 is 5.11 Å². The summed E-state index contributed by atoms with van der Waals surface area (Å²) < 4.78 is 1.59. The molecule has 1 N–H and O–H groups in total. The molecule has 0 aliphatic carbocycles. The summed E-state index contributed by atoms with van der Waals surface area (Å²) in [5.41, 5.74) is 0. The summed E-state index contributed by atoms with van der Waals surface area (Å²) in [5.74, 6) is -0.0133. The molecule has 6 heteroatoms. The van der Waals surface area contributed by atoms with E-state index in [0.717, 1.165) is 12.8 Å². The number of nitrogens with zero attached hydrogens (tertiary/aromatic N) is 1. The van der Waals surface area contributed by atoms with Crippen LogP contribution >= 0.6 is 36.0 Å². The van der Waals surface area contributed by atoms with E-state index in [4.69, 9.17) is 11.6 Å². The van der Waals surface area contributed by atoms with Gasteiger partial charge in [-0.25, -0.2) is 4.31 Å². The van der Waals surface area contributed by atoms with Gasteiger partial charge in [0, 0.05) is 6.54 Å². The highest BCUT2D eigenvalue weighted by Crippen LogP contribution is 2.34. The molecule has 0 aromatic rings. The average Bonchev–Trinajstić information content (AvgIpc) is 2.49. The van der Waals surface area contributed by atoms with Crippen LogP contribution in [0, 0.1) is 0 Å². The van der Waals surface area contributed by atoms with Crippen molar-refractivity contribution in [3.8, 4) is 0 Å². The van der Waals surface area contributed by atoms with Gasteiger partial charge in [-0.2, -0.15) is 0 Å². The van der Waals surface area contributed by atoms with Crippen molar-refractivity contribution < 1.29 is 9.90 Å². The molecule has 1 fully saturated rings. The molecule has 0 aromatic carbocycles. The van der Waals surface area contributed by atoms with Gasteiger partial charge in [0.05, 0.1) is 5.75 Å². The fourth-order valence-corrected chi connectivity index (χ4v) is 3.08. The van der Waals surface area contributed by atoms with Gasteiger partial charge in [-0.15, -0.1) is 12.4 Å². The molecule has 1 heterocycles. The SMILES string of the molecule is CCCCCCCCN1SCC(=O)C1(O)Cl.Cl. The lowest BCUT2D eigenvalue weighted by molar-refractivity contribution is -0.132. The zero-order chi connectivity index (χ0) is 12.0. The van der Waals surface area contributed by atoms with Gasteiger partial charge in [-0.05, 0) is 6.42 Å². The van der Waals surface area contributed by atoms with Crippen LogP contribution in [0.5, 0.6) is 0 Å². The molecule has 0 aromatic heterocycles.